The molecule has 2 heterocycles. The fourth-order valence-corrected chi connectivity index (χ4v) is 3.75. The first-order valence-corrected chi connectivity index (χ1v) is 9.73. The van der Waals surface area contributed by atoms with Crippen LogP contribution in [0.2, 0.25) is 0 Å². The second kappa shape index (κ2) is 8.54. The molecule has 130 valence electrons. The zero-order valence-electron chi connectivity index (χ0n) is 14.6. The zero-order valence-corrected chi connectivity index (χ0v) is 15.4. The van der Waals surface area contributed by atoms with Crippen LogP contribution in [0.25, 0.3) is 0 Å². The molecular formula is C20H27NO2S. The predicted octanol–water partition coefficient (Wildman–Crippen LogP) is 5.18. The highest BCUT2D eigenvalue weighted by Gasteiger charge is 2.18. The topological polar surface area (TPSA) is 30.5 Å². The predicted molar refractivity (Wildman–Crippen MR) is 100 cm³/mol. The van der Waals surface area contributed by atoms with Gasteiger partial charge in [0.1, 0.15) is 0 Å². The molecule has 0 amide bonds. The minimum atomic E-state index is 0.345. The summed E-state index contributed by atoms with van der Waals surface area (Å²) >= 11 is 1.81. The molecule has 0 saturated carbocycles. The molecule has 0 bridgehead atoms. The van der Waals surface area contributed by atoms with Gasteiger partial charge in [0.25, 0.3) is 0 Å². The molecule has 0 saturated heterocycles. The first kappa shape index (κ1) is 17.3. The maximum Gasteiger partial charge on any atom is 0.231 e. The molecule has 24 heavy (non-hydrogen) atoms. The molecule has 3 nitrogen and oxygen atoms in total. The van der Waals surface area contributed by atoms with Crippen molar-refractivity contribution in [2.24, 2.45) is 5.92 Å². The standard InChI is InChI=1S/C20H27NO2S/c1-15(2)5-6-16(9-10-21-13-18-4-3-11-24-18)17-7-8-19-20(12-17)23-14-22-19/h3-4,7-8,11-12,15-16,21H,5-6,9-10,13-14H2,1-2H3. The summed E-state index contributed by atoms with van der Waals surface area (Å²) in [5.41, 5.74) is 1.37. The average molecular weight is 346 g/mol. The maximum atomic E-state index is 5.55. The highest BCUT2D eigenvalue weighted by molar-refractivity contribution is 7.09. The minimum absolute atomic E-state index is 0.345. The number of thiophene rings is 1. The molecule has 3 rings (SSSR count). The normalized spacial score (nSPS) is 14.3. The summed E-state index contributed by atoms with van der Waals surface area (Å²) in [7, 11) is 0. The highest BCUT2D eigenvalue weighted by atomic mass is 32.1. The monoisotopic (exact) mass is 345 g/mol. The van der Waals surface area contributed by atoms with Gasteiger partial charge in [0.2, 0.25) is 6.79 Å². The smallest absolute Gasteiger partial charge is 0.231 e. The first-order chi connectivity index (χ1) is 11.7. The summed E-state index contributed by atoms with van der Waals surface area (Å²) in [4.78, 5) is 1.40. The van der Waals surface area contributed by atoms with Crippen LogP contribution in [0.4, 0.5) is 0 Å². The van der Waals surface area contributed by atoms with Crippen LogP contribution < -0.4 is 14.8 Å². The summed E-state index contributed by atoms with van der Waals surface area (Å²) in [6.45, 7) is 6.94. The van der Waals surface area contributed by atoms with Crippen LogP contribution in [-0.2, 0) is 6.54 Å². The molecule has 1 N–H and O–H groups in total. The summed E-state index contributed by atoms with van der Waals surface area (Å²) in [5.74, 6) is 3.07. The van der Waals surface area contributed by atoms with Crippen LogP contribution in [0, 0.1) is 5.92 Å². The van der Waals surface area contributed by atoms with E-state index in [4.69, 9.17) is 9.47 Å². The summed E-state index contributed by atoms with van der Waals surface area (Å²) in [5, 5.41) is 5.72. The van der Waals surface area contributed by atoms with E-state index < -0.39 is 0 Å². The van der Waals surface area contributed by atoms with Crippen molar-refractivity contribution in [3.8, 4) is 11.5 Å². The zero-order chi connectivity index (χ0) is 16.8. The number of fused-ring (bicyclic) bond motifs is 1. The molecule has 1 aliphatic rings. The lowest BCUT2D eigenvalue weighted by Crippen LogP contribution is -2.17. The van der Waals surface area contributed by atoms with E-state index in [0.717, 1.165) is 36.9 Å². The molecule has 0 fully saturated rings. The van der Waals surface area contributed by atoms with Gasteiger partial charge in [-0.3, -0.25) is 0 Å². The van der Waals surface area contributed by atoms with Gasteiger partial charge < -0.3 is 14.8 Å². The minimum Gasteiger partial charge on any atom is -0.454 e. The van der Waals surface area contributed by atoms with Gasteiger partial charge in [-0.1, -0.05) is 32.4 Å². The van der Waals surface area contributed by atoms with E-state index in [1.165, 1.54) is 23.3 Å². The molecule has 4 heteroatoms. The molecule has 0 spiro atoms. The molecule has 1 aromatic carbocycles. The fraction of sp³-hybridized carbons (Fsp3) is 0.500. The number of nitrogens with one attached hydrogen (secondary N) is 1. The van der Waals surface area contributed by atoms with Gasteiger partial charge in [-0.05, 0) is 60.4 Å². The van der Waals surface area contributed by atoms with Crippen molar-refractivity contribution in [1.82, 2.24) is 5.32 Å². The van der Waals surface area contributed by atoms with Crippen LogP contribution in [-0.4, -0.2) is 13.3 Å². The Morgan fingerprint density at radius 1 is 1.08 bits per heavy atom. The van der Waals surface area contributed by atoms with Gasteiger partial charge in [0.15, 0.2) is 11.5 Å². The van der Waals surface area contributed by atoms with E-state index >= 15 is 0 Å². The molecule has 2 aromatic rings. The quantitative estimate of drug-likeness (QED) is 0.636. The molecule has 1 aliphatic heterocycles. The van der Waals surface area contributed by atoms with Gasteiger partial charge in [-0.2, -0.15) is 0 Å². The lowest BCUT2D eigenvalue weighted by molar-refractivity contribution is 0.174. The van der Waals surface area contributed by atoms with Crippen molar-refractivity contribution in [3.63, 3.8) is 0 Å². The lowest BCUT2D eigenvalue weighted by atomic mass is 9.88. The van der Waals surface area contributed by atoms with Crippen molar-refractivity contribution >= 4 is 11.3 Å². The Balaban J connectivity index is 1.57. The lowest BCUT2D eigenvalue weighted by Gasteiger charge is -2.19. The van der Waals surface area contributed by atoms with Crippen LogP contribution in [0.1, 0.15) is 49.5 Å². The molecular weight excluding hydrogens is 318 g/mol. The van der Waals surface area contributed by atoms with Crippen LogP contribution in [0.15, 0.2) is 35.7 Å². The van der Waals surface area contributed by atoms with Crippen LogP contribution >= 0.6 is 11.3 Å². The van der Waals surface area contributed by atoms with Crippen molar-refractivity contribution in [1.29, 1.82) is 0 Å². The van der Waals surface area contributed by atoms with E-state index in [1.807, 2.05) is 11.3 Å². The summed E-state index contributed by atoms with van der Waals surface area (Å²) in [6.07, 6.45) is 3.62. The van der Waals surface area contributed by atoms with Crippen molar-refractivity contribution in [3.05, 3.63) is 46.2 Å². The first-order valence-electron chi connectivity index (χ1n) is 8.85. The van der Waals surface area contributed by atoms with E-state index in [1.54, 1.807) is 0 Å². The van der Waals surface area contributed by atoms with Gasteiger partial charge in [0, 0.05) is 11.4 Å². The summed E-state index contributed by atoms with van der Waals surface area (Å²) in [6, 6.07) is 10.7. The highest BCUT2D eigenvalue weighted by Crippen LogP contribution is 2.37. The Morgan fingerprint density at radius 3 is 2.75 bits per heavy atom. The molecule has 0 aliphatic carbocycles. The van der Waals surface area contributed by atoms with Crippen molar-refractivity contribution < 1.29 is 9.47 Å². The Bertz CT molecular complexity index is 625. The number of benzene rings is 1. The maximum absolute atomic E-state index is 5.55. The largest absolute Gasteiger partial charge is 0.454 e. The van der Waals surface area contributed by atoms with E-state index in [9.17, 15) is 0 Å². The van der Waals surface area contributed by atoms with Gasteiger partial charge in [-0.25, -0.2) is 0 Å². The second-order valence-electron chi connectivity index (χ2n) is 6.83. The van der Waals surface area contributed by atoms with Gasteiger partial charge in [-0.15, -0.1) is 11.3 Å². The van der Waals surface area contributed by atoms with E-state index in [0.29, 0.717) is 12.7 Å². The third kappa shape index (κ3) is 4.74. The third-order valence-corrected chi connectivity index (χ3v) is 5.39. The number of ether oxygens (including phenoxy) is 2. The van der Waals surface area contributed by atoms with Gasteiger partial charge in [0.05, 0.1) is 0 Å². The Labute approximate surface area is 149 Å². The van der Waals surface area contributed by atoms with E-state index in [2.05, 4.69) is 54.9 Å². The van der Waals surface area contributed by atoms with Crippen molar-refractivity contribution in [2.45, 2.75) is 45.6 Å². The number of hydrogen-bond donors (Lipinski definition) is 1. The van der Waals surface area contributed by atoms with Crippen LogP contribution in [0.3, 0.4) is 0 Å². The Kier molecular flexibility index (Phi) is 6.16. The molecule has 1 aromatic heterocycles. The van der Waals surface area contributed by atoms with Crippen LogP contribution in [0.5, 0.6) is 11.5 Å². The van der Waals surface area contributed by atoms with Crippen molar-refractivity contribution in [2.75, 3.05) is 13.3 Å². The molecule has 1 atom stereocenters. The number of rotatable bonds is 9. The SMILES string of the molecule is CC(C)CCC(CCNCc1cccs1)c1ccc2c(c1)OCO2. The average Bonchev–Trinajstić information content (AvgIpc) is 3.24. The Morgan fingerprint density at radius 2 is 1.96 bits per heavy atom. The van der Waals surface area contributed by atoms with Gasteiger partial charge >= 0.3 is 0 Å². The summed E-state index contributed by atoms with van der Waals surface area (Å²) < 4.78 is 11.0. The molecule has 0 radical (unpaired) electrons. The fourth-order valence-electron chi connectivity index (χ4n) is 3.08. The Hall–Kier alpha value is -1.52. The van der Waals surface area contributed by atoms with E-state index in [-0.39, 0.29) is 0 Å². The second-order valence-corrected chi connectivity index (χ2v) is 7.86. The third-order valence-electron chi connectivity index (χ3n) is 4.51. The number of hydrogen-bond acceptors (Lipinski definition) is 4. The molecule has 1 unspecified atom stereocenters.